The van der Waals surface area contributed by atoms with Crippen molar-refractivity contribution < 1.29 is 19.1 Å². The number of likely N-dealkylation sites (tertiary alicyclic amines) is 1. The Kier molecular flexibility index (Phi) is 5.39. The van der Waals surface area contributed by atoms with Gasteiger partial charge in [-0.05, 0) is 18.1 Å². The molecule has 2 heterocycles. The van der Waals surface area contributed by atoms with Gasteiger partial charge in [0.1, 0.15) is 6.04 Å². The van der Waals surface area contributed by atoms with Gasteiger partial charge in [0.2, 0.25) is 5.91 Å². The van der Waals surface area contributed by atoms with Crippen molar-refractivity contribution in [3.8, 4) is 0 Å². The van der Waals surface area contributed by atoms with Gasteiger partial charge in [-0.1, -0.05) is 32.0 Å². The molecule has 6 heteroatoms. The molecule has 0 unspecified atom stereocenters. The number of nitrogens with one attached hydrogen (secondary N) is 1. The lowest BCUT2D eigenvalue weighted by molar-refractivity contribution is -0.188. The number of hydrogen-bond donors (Lipinski definition) is 1. The van der Waals surface area contributed by atoms with Crippen molar-refractivity contribution in [2.45, 2.75) is 38.5 Å². The van der Waals surface area contributed by atoms with Crippen molar-refractivity contribution in [1.82, 2.24) is 10.2 Å². The highest BCUT2D eigenvalue weighted by Crippen LogP contribution is 2.31. The summed E-state index contributed by atoms with van der Waals surface area (Å²) in [7, 11) is 0. The second kappa shape index (κ2) is 7.54. The van der Waals surface area contributed by atoms with E-state index in [1.165, 1.54) is 0 Å². The maximum Gasteiger partial charge on any atom is 0.251 e. The molecule has 6 nitrogen and oxygen atoms in total. The smallest absolute Gasteiger partial charge is 0.251 e. The zero-order valence-electron chi connectivity index (χ0n) is 14.9. The van der Waals surface area contributed by atoms with Gasteiger partial charge in [-0.25, -0.2) is 0 Å². The first-order valence-electron chi connectivity index (χ1n) is 8.93. The molecule has 0 bridgehead atoms. The molecular formula is C19H26N2O4. The first-order chi connectivity index (χ1) is 12.0. The average Bonchev–Trinajstić information content (AvgIpc) is 3.08. The van der Waals surface area contributed by atoms with Gasteiger partial charge < -0.3 is 19.7 Å². The van der Waals surface area contributed by atoms with Crippen LogP contribution in [0.3, 0.4) is 0 Å². The van der Waals surface area contributed by atoms with Gasteiger partial charge in [0.15, 0.2) is 5.79 Å². The van der Waals surface area contributed by atoms with Crippen LogP contribution in [-0.2, 0) is 14.3 Å². The lowest BCUT2D eigenvalue weighted by Gasteiger charge is -2.39. The minimum atomic E-state index is -0.535. The molecule has 1 spiro atoms. The quantitative estimate of drug-likeness (QED) is 0.903. The summed E-state index contributed by atoms with van der Waals surface area (Å²) in [5, 5.41) is 2.90. The Balaban J connectivity index is 1.62. The topological polar surface area (TPSA) is 67.9 Å². The number of hydrogen-bond acceptors (Lipinski definition) is 4. The van der Waals surface area contributed by atoms with Gasteiger partial charge >= 0.3 is 0 Å². The highest BCUT2D eigenvalue weighted by Gasteiger charge is 2.42. The monoisotopic (exact) mass is 346 g/mol. The standard InChI is InChI=1S/C19H26N2O4/c1-14(2)16(20-17(22)15-6-4-3-5-7-15)18(23)21-10-8-19(9-11-21)24-12-13-25-19/h3-7,14,16H,8-13H2,1-2H3,(H,20,22)/t16-/m0/s1. The van der Waals surface area contributed by atoms with Crippen LogP contribution in [0.2, 0.25) is 0 Å². The molecule has 0 saturated carbocycles. The van der Waals surface area contributed by atoms with Gasteiger partial charge in [-0.15, -0.1) is 0 Å². The first kappa shape index (κ1) is 17.9. The summed E-state index contributed by atoms with van der Waals surface area (Å²) in [6.07, 6.45) is 1.35. The summed E-state index contributed by atoms with van der Waals surface area (Å²) in [6.45, 7) is 6.31. The van der Waals surface area contributed by atoms with Crippen LogP contribution in [0, 0.1) is 5.92 Å². The van der Waals surface area contributed by atoms with Crippen molar-refractivity contribution >= 4 is 11.8 Å². The van der Waals surface area contributed by atoms with Crippen molar-refractivity contribution in [2.75, 3.05) is 26.3 Å². The molecule has 0 aliphatic carbocycles. The molecule has 1 aromatic carbocycles. The number of benzene rings is 1. The highest BCUT2D eigenvalue weighted by atomic mass is 16.7. The van der Waals surface area contributed by atoms with Crippen LogP contribution in [0.15, 0.2) is 30.3 Å². The fourth-order valence-corrected chi connectivity index (χ4v) is 3.38. The van der Waals surface area contributed by atoms with Gasteiger partial charge in [-0.2, -0.15) is 0 Å². The molecule has 2 aliphatic heterocycles. The van der Waals surface area contributed by atoms with E-state index in [-0.39, 0.29) is 17.7 Å². The number of ether oxygens (including phenoxy) is 2. The molecule has 2 saturated heterocycles. The molecule has 136 valence electrons. The highest BCUT2D eigenvalue weighted by molar-refractivity contribution is 5.97. The Bertz CT molecular complexity index is 601. The van der Waals surface area contributed by atoms with E-state index in [0.717, 1.165) is 0 Å². The van der Waals surface area contributed by atoms with Crippen molar-refractivity contribution in [3.63, 3.8) is 0 Å². The number of nitrogens with zero attached hydrogens (tertiary/aromatic N) is 1. The van der Waals surface area contributed by atoms with E-state index in [9.17, 15) is 9.59 Å². The number of rotatable bonds is 4. The number of amides is 2. The van der Waals surface area contributed by atoms with Crippen molar-refractivity contribution in [3.05, 3.63) is 35.9 Å². The van der Waals surface area contributed by atoms with Crippen LogP contribution in [0.5, 0.6) is 0 Å². The van der Waals surface area contributed by atoms with E-state index in [1.807, 2.05) is 36.9 Å². The number of carbonyl (C=O) groups is 2. The third-order valence-electron chi connectivity index (χ3n) is 4.91. The molecular weight excluding hydrogens is 320 g/mol. The van der Waals surface area contributed by atoms with Crippen molar-refractivity contribution in [1.29, 1.82) is 0 Å². The Labute approximate surface area is 148 Å². The predicted molar refractivity (Wildman–Crippen MR) is 93.0 cm³/mol. The minimum absolute atomic E-state index is 0.00929. The molecule has 0 aromatic heterocycles. The van der Waals surface area contributed by atoms with Gasteiger partial charge in [0, 0.05) is 31.5 Å². The molecule has 1 aromatic rings. The van der Waals surface area contributed by atoms with Gasteiger partial charge in [0.25, 0.3) is 5.91 Å². The molecule has 2 fully saturated rings. The largest absolute Gasteiger partial charge is 0.347 e. The molecule has 3 rings (SSSR count). The van der Waals surface area contributed by atoms with Crippen LogP contribution in [0.4, 0.5) is 0 Å². The van der Waals surface area contributed by atoms with Gasteiger partial charge in [-0.3, -0.25) is 9.59 Å². The molecule has 2 aliphatic rings. The second-order valence-corrected chi connectivity index (χ2v) is 6.99. The molecule has 1 N–H and O–H groups in total. The SMILES string of the molecule is CC(C)[C@H](NC(=O)c1ccccc1)C(=O)N1CCC2(CC1)OCCO2. The number of piperidine rings is 1. The van der Waals surface area contributed by atoms with Crippen molar-refractivity contribution in [2.24, 2.45) is 5.92 Å². The zero-order valence-corrected chi connectivity index (χ0v) is 14.9. The van der Waals surface area contributed by atoms with Crippen LogP contribution in [0.1, 0.15) is 37.0 Å². The number of carbonyl (C=O) groups excluding carboxylic acids is 2. The van der Waals surface area contributed by atoms with E-state index in [2.05, 4.69) is 5.32 Å². The minimum Gasteiger partial charge on any atom is -0.347 e. The van der Waals surface area contributed by atoms with Crippen LogP contribution >= 0.6 is 0 Å². The van der Waals surface area contributed by atoms with E-state index in [1.54, 1.807) is 12.1 Å². The maximum atomic E-state index is 12.9. The fourth-order valence-electron chi connectivity index (χ4n) is 3.38. The molecule has 0 radical (unpaired) electrons. The molecule has 1 atom stereocenters. The Morgan fingerprint density at radius 3 is 2.24 bits per heavy atom. The Morgan fingerprint density at radius 1 is 1.08 bits per heavy atom. The summed E-state index contributed by atoms with van der Waals surface area (Å²) in [4.78, 5) is 27.2. The van der Waals surface area contributed by atoms with Crippen LogP contribution in [0.25, 0.3) is 0 Å². The summed E-state index contributed by atoms with van der Waals surface area (Å²) >= 11 is 0. The van der Waals surface area contributed by atoms with E-state index in [0.29, 0.717) is 44.7 Å². The normalized spacial score (nSPS) is 20.7. The zero-order chi connectivity index (χ0) is 17.9. The summed E-state index contributed by atoms with van der Waals surface area (Å²) < 4.78 is 11.4. The summed E-state index contributed by atoms with van der Waals surface area (Å²) in [5.41, 5.74) is 0.561. The second-order valence-electron chi connectivity index (χ2n) is 6.99. The summed E-state index contributed by atoms with van der Waals surface area (Å²) in [5.74, 6) is -0.747. The van der Waals surface area contributed by atoms with Crippen LogP contribution in [-0.4, -0.2) is 54.8 Å². The third kappa shape index (κ3) is 4.02. The fraction of sp³-hybridized carbons (Fsp3) is 0.579. The molecule has 2 amide bonds. The first-order valence-corrected chi connectivity index (χ1v) is 8.93. The van der Waals surface area contributed by atoms with Crippen LogP contribution < -0.4 is 5.32 Å². The predicted octanol–water partition coefficient (Wildman–Crippen LogP) is 1.81. The lowest BCUT2D eigenvalue weighted by Crippen LogP contribution is -2.55. The lowest BCUT2D eigenvalue weighted by atomic mass is 9.98. The summed E-state index contributed by atoms with van der Waals surface area (Å²) in [6, 6.07) is 8.44. The van der Waals surface area contributed by atoms with Gasteiger partial charge in [0.05, 0.1) is 13.2 Å². The Hall–Kier alpha value is -1.92. The Morgan fingerprint density at radius 2 is 1.68 bits per heavy atom. The average molecular weight is 346 g/mol. The van der Waals surface area contributed by atoms with E-state index < -0.39 is 11.8 Å². The van der Waals surface area contributed by atoms with E-state index in [4.69, 9.17) is 9.47 Å². The van der Waals surface area contributed by atoms with E-state index >= 15 is 0 Å². The molecule has 25 heavy (non-hydrogen) atoms. The third-order valence-corrected chi connectivity index (χ3v) is 4.91. The maximum absolute atomic E-state index is 12.9.